The first kappa shape index (κ1) is 24.4. The number of para-hydroxylation sites is 4. The molecule has 0 bridgehead atoms. The van der Waals surface area contributed by atoms with Crippen LogP contribution < -0.4 is 4.74 Å². The number of rotatable bonds is 2. The van der Waals surface area contributed by atoms with Crippen molar-refractivity contribution in [1.82, 2.24) is 4.57 Å². The van der Waals surface area contributed by atoms with Gasteiger partial charge < -0.3 is 13.7 Å². The average Bonchev–Trinajstić information content (AvgIpc) is 3.59. The van der Waals surface area contributed by atoms with Crippen LogP contribution in [0.2, 0.25) is 0 Å². The molecular formula is C42H25NO2. The zero-order valence-corrected chi connectivity index (χ0v) is 24.2. The summed E-state index contributed by atoms with van der Waals surface area (Å²) in [6.45, 7) is 0. The molecule has 3 heteroatoms. The zero-order chi connectivity index (χ0) is 29.5. The molecule has 0 unspecified atom stereocenters. The molecule has 1 aliphatic heterocycles. The summed E-state index contributed by atoms with van der Waals surface area (Å²) in [4.78, 5) is 0. The lowest BCUT2D eigenvalue weighted by molar-refractivity contribution is 0.488. The smallest absolute Gasteiger partial charge is 0.143 e. The normalized spacial score (nSPS) is 12.2. The lowest BCUT2D eigenvalue weighted by Gasteiger charge is -2.13. The van der Waals surface area contributed by atoms with Gasteiger partial charge in [0.2, 0.25) is 0 Å². The molecule has 10 rings (SSSR count). The van der Waals surface area contributed by atoms with Crippen LogP contribution in [0, 0.1) is 0 Å². The van der Waals surface area contributed by atoms with Gasteiger partial charge in [-0.3, -0.25) is 0 Å². The maximum atomic E-state index is 6.66. The van der Waals surface area contributed by atoms with Crippen molar-refractivity contribution in [3.8, 4) is 50.6 Å². The molecule has 0 N–H and O–H groups in total. The minimum Gasteiger partial charge on any atom is -0.456 e. The topological polar surface area (TPSA) is 27.3 Å². The summed E-state index contributed by atoms with van der Waals surface area (Å²) < 4.78 is 15.4. The third kappa shape index (κ3) is 3.52. The Balaban J connectivity index is 1.18. The number of furan rings is 1. The predicted molar refractivity (Wildman–Crippen MR) is 184 cm³/mol. The number of aromatic nitrogens is 1. The Morgan fingerprint density at radius 1 is 0.400 bits per heavy atom. The van der Waals surface area contributed by atoms with Crippen molar-refractivity contribution in [1.29, 1.82) is 0 Å². The predicted octanol–water partition coefficient (Wildman–Crippen LogP) is 11.8. The van der Waals surface area contributed by atoms with E-state index >= 15 is 0 Å². The number of hydrogen-bond donors (Lipinski definition) is 0. The SMILES string of the molecule is c1ccc2c(c1)Oc1cc3c4ccccc4n(-c4ccc(-c5cccc6c5oc5ccccc56)cc4)c3cc1-c1ccccc1-2. The average molecular weight is 576 g/mol. The third-order valence-corrected chi connectivity index (χ3v) is 9.23. The molecule has 0 aliphatic carbocycles. The highest BCUT2D eigenvalue weighted by atomic mass is 16.5. The summed E-state index contributed by atoms with van der Waals surface area (Å²) in [6, 6.07) is 53.5. The van der Waals surface area contributed by atoms with Crippen molar-refractivity contribution < 1.29 is 9.15 Å². The van der Waals surface area contributed by atoms with Gasteiger partial charge in [-0.1, -0.05) is 109 Å². The molecule has 0 saturated heterocycles. The van der Waals surface area contributed by atoms with Gasteiger partial charge in [-0.25, -0.2) is 0 Å². The monoisotopic (exact) mass is 575 g/mol. The summed E-state index contributed by atoms with van der Waals surface area (Å²) in [5, 5.41) is 4.64. The second kappa shape index (κ2) is 9.22. The summed E-state index contributed by atoms with van der Waals surface area (Å²) in [5.41, 5.74) is 12.0. The second-order valence-corrected chi connectivity index (χ2v) is 11.7. The number of ether oxygens (including phenoxy) is 1. The Bertz CT molecular complexity index is 2620. The van der Waals surface area contributed by atoms with Gasteiger partial charge in [0.15, 0.2) is 0 Å². The van der Waals surface area contributed by atoms with Crippen molar-refractivity contribution in [2.75, 3.05) is 0 Å². The molecule has 45 heavy (non-hydrogen) atoms. The van der Waals surface area contributed by atoms with E-state index < -0.39 is 0 Å². The number of hydrogen-bond acceptors (Lipinski definition) is 2. The van der Waals surface area contributed by atoms with E-state index in [2.05, 4.69) is 138 Å². The van der Waals surface area contributed by atoms with Crippen LogP contribution in [0.25, 0.3) is 82.8 Å². The molecule has 2 aromatic heterocycles. The molecule has 0 saturated carbocycles. The molecule has 0 fully saturated rings. The molecule has 1 aliphatic rings. The fourth-order valence-electron chi connectivity index (χ4n) is 7.18. The van der Waals surface area contributed by atoms with E-state index in [9.17, 15) is 0 Å². The molecule has 0 spiro atoms. The van der Waals surface area contributed by atoms with Crippen LogP contribution in [-0.4, -0.2) is 4.57 Å². The summed E-state index contributed by atoms with van der Waals surface area (Å²) in [6.07, 6.45) is 0. The standard InChI is InChI=1S/C42H25NO2/c1-2-11-30-29(10-1)32-13-4-7-18-39(32)44-41-25-35-31-12-3-6-17-37(31)43(38(35)24-36(30)41)27-22-20-26(21-23-27)28-15-9-16-34-33-14-5-8-19-40(33)45-42(28)34/h1-25H. The Hall–Kier alpha value is -6.06. The molecule has 0 atom stereocenters. The van der Waals surface area contributed by atoms with Gasteiger partial charge in [-0.05, 0) is 59.2 Å². The van der Waals surface area contributed by atoms with Gasteiger partial charge in [0, 0.05) is 43.9 Å². The van der Waals surface area contributed by atoms with Crippen LogP contribution in [-0.2, 0) is 0 Å². The molecule has 3 nitrogen and oxygen atoms in total. The zero-order valence-electron chi connectivity index (χ0n) is 24.2. The Morgan fingerprint density at radius 2 is 1.07 bits per heavy atom. The summed E-state index contributed by atoms with van der Waals surface area (Å²) >= 11 is 0. The van der Waals surface area contributed by atoms with Gasteiger partial charge in [0.25, 0.3) is 0 Å². The van der Waals surface area contributed by atoms with Gasteiger partial charge in [-0.2, -0.15) is 0 Å². The molecule has 9 aromatic rings. The molecule has 3 heterocycles. The maximum Gasteiger partial charge on any atom is 0.143 e. The van der Waals surface area contributed by atoms with Crippen LogP contribution in [0.5, 0.6) is 11.5 Å². The van der Waals surface area contributed by atoms with Crippen molar-refractivity contribution in [3.63, 3.8) is 0 Å². The maximum absolute atomic E-state index is 6.66. The quantitative estimate of drug-likeness (QED) is 0.205. The third-order valence-electron chi connectivity index (χ3n) is 9.23. The van der Waals surface area contributed by atoms with Gasteiger partial charge in [0.1, 0.15) is 22.7 Å². The van der Waals surface area contributed by atoms with Crippen LogP contribution >= 0.6 is 0 Å². The first-order chi connectivity index (χ1) is 22.3. The van der Waals surface area contributed by atoms with Gasteiger partial charge in [0.05, 0.1) is 11.0 Å². The Morgan fingerprint density at radius 3 is 1.93 bits per heavy atom. The van der Waals surface area contributed by atoms with Crippen molar-refractivity contribution in [3.05, 3.63) is 152 Å². The molecule has 7 aromatic carbocycles. The minimum atomic E-state index is 0.872. The summed E-state index contributed by atoms with van der Waals surface area (Å²) in [5.74, 6) is 1.75. The lowest BCUT2D eigenvalue weighted by atomic mass is 9.94. The van der Waals surface area contributed by atoms with Gasteiger partial charge >= 0.3 is 0 Å². The highest BCUT2D eigenvalue weighted by molar-refractivity contribution is 6.12. The fraction of sp³-hybridized carbons (Fsp3) is 0. The van der Waals surface area contributed by atoms with E-state index in [1.165, 1.54) is 16.5 Å². The number of fused-ring (bicyclic) bond motifs is 11. The van der Waals surface area contributed by atoms with E-state index in [4.69, 9.17) is 9.15 Å². The second-order valence-electron chi connectivity index (χ2n) is 11.7. The van der Waals surface area contributed by atoms with E-state index in [-0.39, 0.29) is 0 Å². The Kier molecular flexibility index (Phi) is 5.00. The highest BCUT2D eigenvalue weighted by Gasteiger charge is 2.23. The molecule has 210 valence electrons. The minimum absolute atomic E-state index is 0.872. The van der Waals surface area contributed by atoms with Crippen LogP contribution in [0.15, 0.2) is 156 Å². The molecular weight excluding hydrogens is 550 g/mol. The Labute approximate surface area is 259 Å². The van der Waals surface area contributed by atoms with Crippen LogP contribution in [0.1, 0.15) is 0 Å². The first-order valence-electron chi connectivity index (χ1n) is 15.3. The van der Waals surface area contributed by atoms with Crippen molar-refractivity contribution in [2.24, 2.45) is 0 Å². The molecule has 0 radical (unpaired) electrons. The largest absolute Gasteiger partial charge is 0.456 e. The van der Waals surface area contributed by atoms with Crippen molar-refractivity contribution >= 4 is 43.7 Å². The van der Waals surface area contributed by atoms with Crippen LogP contribution in [0.3, 0.4) is 0 Å². The molecule has 0 amide bonds. The van der Waals surface area contributed by atoms with E-state index in [0.717, 1.165) is 77.8 Å². The fourth-order valence-corrected chi connectivity index (χ4v) is 7.18. The van der Waals surface area contributed by atoms with E-state index in [1.807, 2.05) is 18.2 Å². The first-order valence-corrected chi connectivity index (χ1v) is 15.3. The van der Waals surface area contributed by atoms with Crippen LogP contribution in [0.4, 0.5) is 0 Å². The summed E-state index contributed by atoms with van der Waals surface area (Å²) in [7, 11) is 0. The van der Waals surface area contributed by atoms with Gasteiger partial charge in [-0.15, -0.1) is 0 Å². The number of benzene rings is 7. The lowest BCUT2D eigenvalue weighted by Crippen LogP contribution is -1.95. The number of nitrogens with zero attached hydrogens (tertiary/aromatic N) is 1. The van der Waals surface area contributed by atoms with E-state index in [0.29, 0.717) is 0 Å². The highest BCUT2D eigenvalue weighted by Crippen LogP contribution is 2.49. The van der Waals surface area contributed by atoms with Crippen molar-refractivity contribution in [2.45, 2.75) is 0 Å². The van der Waals surface area contributed by atoms with E-state index in [1.54, 1.807) is 0 Å².